The fourth-order valence-corrected chi connectivity index (χ4v) is 1.71. The second kappa shape index (κ2) is 6.83. The summed E-state index contributed by atoms with van der Waals surface area (Å²) in [5.74, 6) is -3.56. The monoisotopic (exact) mass is 296 g/mol. The highest BCUT2D eigenvalue weighted by Gasteiger charge is 2.25. The van der Waals surface area contributed by atoms with E-state index in [1.165, 1.54) is 13.0 Å². The maximum Gasteiger partial charge on any atom is 0.326 e. The second-order valence-electron chi connectivity index (χ2n) is 4.91. The SMILES string of the molecule is CC(=O)Nc1ccc(F)c(C(=O)N[C@@H](C(=O)O)C(C)C)c1. The molecule has 0 aromatic heterocycles. The van der Waals surface area contributed by atoms with E-state index in [1.807, 2.05) is 0 Å². The standard InChI is InChI=1S/C14H17FN2O4/c1-7(2)12(14(20)21)17-13(19)10-6-9(16-8(3)18)4-5-11(10)15/h4-7,12H,1-3H3,(H,16,18)(H,17,19)(H,20,21)/t12-/m1/s1. The van der Waals surface area contributed by atoms with Gasteiger partial charge in [0.15, 0.2) is 0 Å². The van der Waals surface area contributed by atoms with Gasteiger partial charge in [0.25, 0.3) is 5.91 Å². The fourth-order valence-electron chi connectivity index (χ4n) is 1.71. The average molecular weight is 296 g/mol. The Morgan fingerprint density at radius 2 is 1.86 bits per heavy atom. The number of rotatable bonds is 5. The molecule has 1 aromatic carbocycles. The lowest BCUT2D eigenvalue weighted by Gasteiger charge is -2.18. The van der Waals surface area contributed by atoms with Gasteiger partial charge in [-0.25, -0.2) is 9.18 Å². The third-order valence-corrected chi connectivity index (χ3v) is 2.75. The third kappa shape index (κ3) is 4.55. The molecule has 0 bridgehead atoms. The zero-order chi connectivity index (χ0) is 16.2. The minimum absolute atomic E-state index is 0.255. The average Bonchev–Trinajstić information content (AvgIpc) is 2.36. The second-order valence-corrected chi connectivity index (χ2v) is 4.91. The van der Waals surface area contributed by atoms with Crippen LogP contribution in [0.15, 0.2) is 18.2 Å². The van der Waals surface area contributed by atoms with Crippen LogP contribution in [0.5, 0.6) is 0 Å². The third-order valence-electron chi connectivity index (χ3n) is 2.75. The van der Waals surface area contributed by atoms with Crippen LogP contribution in [-0.4, -0.2) is 28.9 Å². The molecule has 114 valence electrons. The van der Waals surface area contributed by atoms with E-state index in [0.29, 0.717) is 0 Å². The summed E-state index contributed by atoms with van der Waals surface area (Å²) >= 11 is 0. The first-order valence-electron chi connectivity index (χ1n) is 6.33. The first-order chi connectivity index (χ1) is 9.72. The van der Waals surface area contributed by atoms with Crippen molar-refractivity contribution in [1.82, 2.24) is 5.32 Å². The van der Waals surface area contributed by atoms with E-state index in [9.17, 15) is 18.8 Å². The van der Waals surface area contributed by atoms with Crippen molar-refractivity contribution in [3.63, 3.8) is 0 Å². The molecule has 0 radical (unpaired) electrons. The zero-order valence-corrected chi connectivity index (χ0v) is 11.9. The van der Waals surface area contributed by atoms with Gasteiger partial charge in [-0.3, -0.25) is 9.59 Å². The van der Waals surface area contributed by atoms with Gasteiger partial charge in [0.1, 0.15) is 11.9 Å². The number of carbonyl (C=O) groups excluding carboxylic acids is 2. The quantitative estimate of drug-likeness (QED) is 0.769. The van der Waals surface area contributed by atoms with Crippen molar-refractivity contribution in [2.45, 2.75) is 26.8 Å². The smallest absolute Gasteiger partial charge is 0.326 e. The summed E-state index contributed by atoms with van der Waals surface area (Å²) in [6, 6.07) is 2.38. The fraction of sp³-hybridized carbons (Fsp3) is 0.357. The van der Waals surface area contributed by atoms with E-state index < -0.39 is 23.7 Å². The van der Waals surface area contributed by atoms with Gasteiger partial charge >= 0.3 is 5.97 Å². The van der Waals surface area contributed by atoms with Gasteiger partial charge in [0, 0.05) is 12.6 Å². The van der Waals surface area contributed by atoms with Gasteiger partial charge in [0.2, 0.25) is 5.91 Å². The number of carboxylic acids is 1. The van der Waals surface area contributed by atoms with E-state index in [2.05, 4.69) is 10.6 Å². The van der Waals surface area contributed by atoms with Crippen molar-refractivity contribution in [1.29, 1.82) is 0 Å². The van der Waals surface area contributed by atoms with Gasteiger partial charge in [-0.2, -0.15) is 0 Å². The zero-order valence-electron chi connectivity index (χ0n) is 11.9. The predicted octanol–water partition coefficient (Wildman–Crippen LogP) is 1.62. The van der Waals surface area contributed by atoms with Crippen molar-refractivity contribution in [2.24, 2.45) is 5.92 Å². The number of halogens is 1. The molecule has 21 heavy (non-hydrogen) atoms. The lowest BCUT2D eigenvalue weighted by atomic mass is 10.0. The van der Waals surface area contributed by atoms with Gasteiger partial charge in [-0.15, -0.1) is 0 Å². The summed E-state index contributed by atoms with van der Waals surface area (Å²) < 4.78 is 13.7. The molecule has 0 aliphatic carbocycles. The van der Waals surface area contributed by atoms with Gasteiger partial charge in [0.05, 0.1) is 5.56 Å². The molecule has 1 atom stereocenters. The number of nitrogens with one attached hydrogen (secondary N) is 2. The van der Waals surface area contributed by atoms with Gasteiger partial charge in [-0.05, 0) is 24.1 Å². The normalized spacial score (nSPS) is 11.9. The first kappa shape index (κ1) is 16.6. The molecule has 1 rings (SSSR count). The first-order valence-corrected chi connectivity index (χ1v) is 6.33. The number of carbonyl (C=O) groups is 3. The minimum Gasteiger partial charge on any atom is -0.480 e. The Bertz CT molecular complexity index is 572. The highest BCUT2D eigenvalue weighted by atomic mass is 19.1. The van der Waals surface area contributed by atoms with Crippen LogP contribution in [0, 0.1) is 11.7 Å². The molecule has 2 amide bonds. The topological polar surface area (TPSA) is 95.5 Å². The molecule has 0 spiro atoms. The lowest BCUT2D eigenvalue weighted by Crippen LogP contribution is -2.44. The molecule has 0 unspecified atom stereocenters. The number of hydrogen-bond donors (Lipinski definition) is 3. The number of benzene rings is 1. The summed E-state index contributed by atoms with van der Waals surface area (Å²) in [5.41, 5.74) is -0.0707. The minimum atomic E-state index is -1.20. The van der Waals surface area contributed by atoms with Crippen LogP contribution in [0.4, 0.5) is 10.1 Å². The lowest BCUT2D eigenvalue weighted by molar-refractivity contribution is -0.140. The van der Waals surface area contributed by atoms with E-state index >= 15 is 0 Å². The highest BCUT2D eigenvalue weighted by Crippen LogP contribution is 2.15. The summed E-state index contributed by atoms with van der Waals surface area (Å²) in [5, 5.41) is 13.7. The molecule has 0 aliphatic rings. The predicted molar refractivity (Wildman–Crippen MR) is 74.4 cm³/mol. The molecule has 1 aromatic rings. The Kier molecular flexibility index (Phi) is 5.40. The molecule has 0 saturated heterocycles. The van der Waals surface area contributed by atoms with Crippen LogP contribution in [0.1, 0.15) is 31.1 Å². The van der Waals surface area contributed by atoms with Crippen LogP contribution in [0.3, 0.4) is 0 Å². The maximum atomic E-state index is 13.7. The van der Waals surface area contributed by atoms with E-state index in [-0.39, 0.29) is 23.1 Å². The van der Waals surface area contributed by atoms with Crippen LogP contribution in [0.2, 0.25) is 0 Å². The van der Waals surface area contributed by atoms with Crippen molar-refractivity contribution >= 4 is 23.5 Å². The van der Waals surface area contributed by atoms with Crippen molar-refractivity contribution in [3.8, 4) is 0 Å². The van der Waals surface area contributed by atoms with Gasteiger partial charge in [-0.1, -0.05) is 13.8 Å². The molecule has 0 aliphatic heterocycles. The Labute approximate surface area is 121 Å². The molecule has 0 heterocycles. The summed E-state index contributed by atoms with van der Waals surface area (Å²) in [7, 11) is 0. The summed E-state index contributed by atoms with van der Waals surface area (Å²) in [6.07, 6.45) is 0. The highest BCUT2D eigenvalue weighted by molar-refractivity contribution is 5.98. The number of carboxylic acid groups (broad SMARTS) is 1. The maximum absolute atomic E-state index is 13.7. The Balaban J connectivity index is 3.00. The largest absolute Gasteiger partial charge is 0.480 e. The van der Waals surface area contributed by atoms with Gasteiger partial charge < -0.3 is 15.7 Å². The van der Waals surface area contributed by atoms with E-state index in [0.717, 1.165) is 12.1 Å². The van der Waals surface area contributed by atoms with Crippen LogP contribution in [-0.2, 0) is 9.59 Å². The molecule has 7 heteroatoms. The van der Waals surface area contributed by atoms with Crippen molar-refractivity contribution in [3.05, 3.63) is 29.6 Å². The Morgan fingerprint density at radius 3 is 2.33 bits per heavy atom. The molecular formula is C14H17FN2O4. The number of amides is 2. The summed E-state index contributed by atoms with van der Waals surface area (Å²) in [6.45, 7) is 4.54. The molecular weight excluding hydrogens is 279 g/mol. The number of aliphatic carboxylic acids is 1. The number of hydrogen-bond acceptors (Lipinski definition) is 3. The van der Waals surface area contributed by atoms with E-state index in [4.69, 9.17) is 5.11 Å². The molecule has 0 saturated carbocycles. The van der Waals surface area contributed by atoms with Crippen molar-refractivity contribution < 1.29 is 23.9 Å². The van der Waals surface area contributed by atoms with Crippen molar-refractivity contribution in [2.75, 3.05) is 5.32 Å². The Morgan fingerprint density at radius 1 is 1.24 bits per heavy atom. The Hall–Kier alpha value is -2.44. The van der Waals surface area contributed by atoms with Crippen LogP contribution in [0.25, 0.3) is 0 Å². The molecule has 0 fully saturated rings. The summed E-state index contributed by atoms with van der Waals surface area (Å²) in [4.78, 5) is 34.0. The number of anilines is 1. The molecule has 3 N–H and O–H groups in total. The van der Waals surface area contributed by atoms with Crippen LogP contribution >= 0.6 is 0 Å². The molecule has 6 nitrogen and oxygen atoms in total. The van der Waals surface area contributed by atoms with Crippen LogP contribution < -0.4 is 10.6 Å². The van der Waals surface area contributed by atoms with E-state index in [1.54, 1.807) is 13.8 Å².